The van der Waals surface area contributed by atoms with Gasteiger partial charge < -0.3 is 25.4 Å². The van der Waals surface area contributed by atoms with Crippen molar-refractivity contribution in [1.29, 1.82) is 0 Å². The highest BCUT2D eigenvalue weighted by atomic mass is 16.5. The molecule has 0 saturated carbocycles. The number of amides is 3. The molecule has 3 amide bonds. The van der Waals surface area contributed by atoms with Crippen molar-refractivity contribution >= 4 is 29.4 Å². The van der Waals surface area contributed by atoms with Gasteiger partial charge in [0.15, 0.2) is 12.7 Å². The standard InChI is InChI=1S/C27H33N3O6/c1-16(2)23(29-25(33)17-10-12-18(13-11-17)27(3,4)5)26(34)35-15-22(31)30-14-21(24(28)32)36-20-9-7-6-8-19(20)30/h6-13,16,21,23H,14-15H2,1-5H3,(H2,28,32)(H,29,33)/t21?,23-/m0/s1. The lowest BCUT2D eigenvalue weighted by molar-refractivity contribution is -0.151. The van der Waals surface area contributed by atoms with Crippen molar-refractivity contribution in [2.75, 3.05) is 18.1 Å². The van der Waals surface area contributed by atoms with Gasteiger partial charge in [0.25, 0.3) is 17.7 Å². The van der Waals surface area contributed by atoms with E-state index in [4.69, 9.17) is 15.2 Å². The number of fused-ring (bicyclic) bond motifs is 1. The number of nitrogens with zero attached hydrogens (tertiary/aromatic N) is 1. The smallest absolute Gasteiger partial charge is 0.329 e. The van der Waals surface area contributed by atoms with Gasteiger partial charge in [0, 0.05) is 5.56 Å². The predicted molar refractivity (Wildman–Crippen MR) is 135 cm³/mol. The average molecular weight is 496 g/mol. The number of carbonyl (C=O) groups is 4. The maximum absolute atomic E-state index is 12.9. The molecule has 0 saturated heterocycles. The Labute approximate surface area is 210 Å². The van der Waals surface area contributed by atoms with Crippen molar-refractivity contribution in [3.63, 3.8) is 0 Å². The lowest BCUT2D eigenvalue weighted by Gasteiger charge is -2.33. The van der Waals surface area contributed by atoms with Crippen molar-refractivity contribution < 1.29 is 28.7 Å². The van der Waals surface area contributed by atoms with Gasteiger partial charge in [-0.25, -0.2) is 4.79 Å². The zero-order chi connectivity index (χ0) is 26.6. The Morgan fingerprint density at radius 1 is 1.08 bits per heavy atom. The first-order valence-corrected chi connectivity index (χ1v) is 11.8. The Morgan fingerprint density at radius 2 is 1.72 bits per heavy atom. The first kappa shape index (κ1) is 26.7. The molecule has 3 rings (SSSR count). The van der Waals surface area contributed by atoms with E-state index in [9.17, 15) is 19.2 Å². The number of hydrogen-bond donors (Lipinski definition) is 2. The lowest BCUT2D eigenvalue weighted by Crippen LogP contribution is -2.51. The van der Waals surface area contributed by atoms with E-state index < -0.39 is 42.4 Å². The molecule has 192 valence electrons. The van der Waals surface area contributed by atoms with Gasteiger partial charge in [-0.3, -0.25) is 14.4 Å². The summed E-state index contributed by atoms with van der Waals surface area (Å²) in [6, 6.07) is 13.0. The van der Waals surface area contributed by atoms with Crippen LogP contribution < -0.4 is 20.7 Å². The number of rotatable bonds is 7. The van der Waals surface area contributed by atoms with Gasteiger partial charge in [0.1, 0.15) is 11.8 Å². The molecule has 0 aromatic heterocycles. The van der Waals surface area contributed by atoms with Crippen LogP contribution in [0.4, 0.5) is 5.69 Å². The van der Waals surface area contributed by atoms with Crippen LogP contribution >= 0.6 is 0 Å². The highest BCUT2D eigenvalue weighted by Gasteiger charge is 2.34. The number of nitrogens with one attached hydrogen (secondary N) is 1. The number of benzene rings is 2. The molecule has 9 heteroatoms. The minimum atomic E-state index is -1.02. The van der Waals surface area contributed by atoms with E-state index in [1.807, 2.05) is 12.1 Å². The van der Waals surface area contributed by atoms with Gasteiger partial charge in [-0.2, -0.15) is 0 Å². The molecule has 1 aliphatic heterocycles. The molecule has 0 radical (unpaired) electrons. The Kier molecular flexibility index (Phi) is 8.02. The van der Waals surface area contributed by atoms with Crippen LogP contribution in [0.5, 0.6) is 5.75 Å². The van der Waals surface area contributed by atoms with Crippen molar-refractivity contribution in [1.82, 2.24) is 5.32 Å². The third-order valence-corrected chi connectivity index (χ3v) is 5.95. The fraction of sp³-hybridized carbons (Fsp3) is 0.407. The summed E-state index contributed by atoms with van der Waals surface area (Å²) in [7, 11) is 0. The Hall–Kier alpha value is -3.88. The molecule has 36 heavy (non-hydrogen) atoms. The van der Waals surface area contributed by atoms with Gasteiger partial charge in [-0.1, -0.05) is 58.9 Å². The molecule has 1 aliphatic rings. The van der Waals surface area contributed by atoms with Crippen LogP contribution in [-0.4, -0.2) is 49.0 Å². The van der Waals surface area contributed by atoms with E-state index in [-0.39, 0.29) is 17.9 Å². The molecule has 2 aromatic rings. The van der Waals surface area contributed by atoms with Crippen LogP contribution in [0.2, 0.25) is 0 Å². The monoisotopic (exact) mass is 495 g/mol. The van der Waals surface area contributed by atoms with Gasteiger partial charge in [0.05, 0.1) is 12.2 Å². The summed E-state index contributed by atoms with van der Waals surface area (Å²) in [5.74, 6) is -2.35. The molecule has 3 N–H and O–H groups in total. The number of hydrogen-bond acceptors (Lipinski definition) is 6. The van der Waals surface area contributed by atoms with Gasteiger partial charge in [-0.05, 0) is 41.2 Å². The number of ether oxygens (including phenoxy) is 2. The maximum Gasteiger partial charge on any atom is 0.329 e. The molecule has 0 bridgehead atoms. The number of nitrogens with two attached hydrogens (primary N) is 1. The third kappa shape index (κ3) is 6.21. The van der Waals surface area contributed by atoms with Gasteiger partial charge in [-0.15, -0.1) is 0 Å². The summed E-state index contributed by atoms with van der Waals surface area (Å²) in [6.07, 6.45) is -1.02. The van der Waals surface area contributed by atoms with Crippen molar-refractivity contribution in [2.45, 2.75) is 52.2 Å². The summed E-state index contributed by atoms with van der Waals surface area (Å²) in [5, 5.41) is 2.71. The second-order valence-electron chi connectivity index (χ2n) is 10.1. The number of primary amides is 1. The van der Waals surface area contributed by atoms with Crippen LogP contribution in [0.15, 0.2) is 48.5 Å². The minimum Gasteiger partial charge on any atom is -0.477 e. The van der Waals surface area contributed by atoms with E-state index in [1.54, 1.807) is 50.2 Å². The second kappa shape index (κ2) is 10.8. The molecule has 0 aliphatic carbocycles. The molecule has 9 nitrogen and oxygen atoms in total. The zero-order valence-electron chi connectivity index (χ0n) is 21.2. The molecule has 2 aromatic carbocycles. The van der Waals surface area contributed by atoms with E-state index >= 15 is 0 Å². The quantitative estimate of drug-likeness (QED) is 0.568. The maximum atomic E-state index is 12.9. The Bertz CT molecular complexity index is 1140. The molecule has 2 atom stereocenters. The topological polar surface area (TPSA) is 128 Å². The SMILES string of the molecule is CC(C)[C@H](NC(=O)c1ccc(C(C)(C)C)cc1)C(=O)OCC(=O)N1CC(C(N)=O)Oc2ccccc21. The first-order valence-electron chi connectivity index (χ1n) is 11.8. The number of para-hydroxylation sites is 2. The predicted octanol–water partition coefficient (Wildman–Crippen LogP) is 2.56. The third-order valence-electron chi connectivity index (χ3n) is 5.95. The van der Waals surface area contributed by atoms with E-state index in [2.05, 4.69) is 26.1 Å². The molecule has 0 spiro atoms. The number of carbonyl (C=O) groups excluding carboxylic acids is 4. The minimum absolute atomic E-state index is 0.0513. The molecule has 0 fully saturated rings. The van der Waals surface area contributed by atoms with Crippen LogP contribution in [-0.2, 0) is 24.5 Å². The second-order valence-corrected chi connectivity index (χ2v) is 10.1. The Morgan fingerprint density at radius 3 is 2.31 bits per heavy atom. The molecule has 1 unspecified atom stereocenters. The summed E-state index contributed by atoms with van der Waals surface area (Å²) in [6.45, 7) is 9.11. The van der Waals surface area contributed by atoms with Crippen molar-refractivity contribution in [3.8, 4) is 5.75 Å². The molecular formula is C27H33N3O6. The average Bonchev–Trinajstić information content (AvgIpc) is 2.84. The lowest BCUT2D eigenvalue weighted by atomic mass is 9.86. The normalized spacial score (nSPS) is 15.9. The van der Waals surface area contributed by atoms with Crippen LogP contribution in [0.25, 0.3) is 0 Å². The van der Waals surface area contributed by atoms with E-state index in [1.165, 1.54) is 4.90 Å². The van der Waals surface area contributed by atoms with E-state index in [0.29, 0.717) is 17.0 Å². The summed E-state index contributed by atoms with van der Waals surface area (Å²) >= 11 is 0. The van der Waals surface area contributed by atoms with Crippen LogP contribution in [0.1, 0.15) is 50.5 Å². The summed E-state index contributed by atoms with van der Waals surface area (Å²) < 4.78 is 10.8. The fourth-order valence-electron chi connectivity index (χ4n) is 3.76. The van der Waals surface area contributed by atoms with Crippen LogP contribution in [0, 0.1) is 5.92 Å². The highest BCUT2D eigenvalue weighted by Crippen LogP contribution is 2.33. The Balaban J connectivity index is 1.66. The number of anilines is 1. The highest BCUT2D eigenvalue weighted by molar-refractivity contribution is 5.99. The largest absolute Gasteiger partial charge is 0.477 e. The molecule has 1 heterocycles. The van der Waals surface area contributed by atoms with Crippen molar-refractivity contribution in [3.05, 3.63) is 59.7 Å². The number of esters is 1. The van der Waals surface area contributed by atoms with Crippen LogP contribution in [0.3, 0.4) is 0 Å². The zero-order valence-corrected chi connectivity index (χ0v) is 21.2. The van der Waals surface area contributed by atoms with E-state index in [0.717, 1.165) is 5.56 Å². The molecular weight excluding hydrogens is 462 g/mol. The summed E-state index contributed by atoms with van der Waals surface area (Å²) in [4.78, 5) is 51.6. The van der Waals surface area contributed by atoms with Gasteiger partial charge >= 0.3 is 5.97 Å². The van der Waals surface area contributed by atoms with Gasteiger partial charge in [0.2, 0.25) is 0 Å². The summed E-state index contributed by atoms with van der Waals surface area (Å²) in [5.41, 5.74) is 7.27. The fourth-order valence-corrected chi connectivity index (χ4v) is 3.76. The first-order chi connectivity index (χ1) is 16.9. The van der Waals surface area contributed by atoms with Crippen molar-refractivity contribution in [2.24, 2.45) is 11.7 Å².